The molecule has 1 unspecified atom stereocenters. The second-order valence-corrected chi connectivity index (χ2v) is 7.75. The van der Waals surface area contributed by atoms with Crippen LogP contribution in [0.4, 0.5) is 0 Å². The molecule has 0 saturated carbocycles. The Morgan fingerprint density at radius 2 is 1.81 bits per heavy atom. The average molecular weight is 375 g/mol. The van der Waals surface area contributed by atoms with Crippen LogP contribution >= 0.6 is 11.3 Å². The van der Waals surface area contributed by atoms with Gasteiger partial charge in [0.25, 0.3) is 5.91 Å². The zero-order valence-electron chi connectivity index (χ0n) is 15.7. The lowest BCUT2D eigenvalue weighted by molar-refractivity contribution is 0.0954. The van der Waals surface area contributed by atoms with Gasteiger partial charge in [-0.15, -0.1) is 11.3 Å². The Morgan fingerprint density at radius 1 is 1.12 bits per heavy atom. The first-order chi connectivity index (χ1) is 12.5. The highest BCUT2D eigenvalue weighted by atomic mass is 32.1. The third-order valence-electron chi connectivity index (χ3n) is 4.78. The molecule has 140 valence electrons. The van der Waals surface area contributed by atoms with Gasteiger partial charge in [0.05, 0.1) is 26.2 Å². The third-order valence-corrected chi connectivity index (χ3v) is 6.01. The fourth-order valence-electron chi connectivity index (χ4n) is 3.31. The minimum atomic E-state index is -0.0473. The summed E-state index contributed by atoms with van der Waals surface area (Å²) >= 11 is 1.62. The molecule has 1 N–H and O–H groups in total. The van der Waals surface area contributed by atoms with E-state index in [4.69, 9.17) is 14.2 Å². The summed E-state index contributed by atoms with van der Waals surface area (Å²) < 4.78 is 16.1. The molecular weight excluding hydrogens is 350 g/mol. The lowest BCUT2D eigenvalue weighted by Gasteiger charge is -2.16. The van der Waals surface area contributed by atoms with Crippen molar-refractivity contribution in [2.75, 3.05) is 21.3 Å². The first kappa shape index (κ1) is 18.6. The maximum atomic E-state index is 12.6. The van der Waals surface area contributed by atoms with E-state index in [-0.39, 0.29) is 5.91 Å². The van der Waals surface area contributed by atoms with Crippen LogP contribution in [-0.2, 0) is 19.4 Å². The van der Waals surface area contributed by atoms with Gasteiger partial charge in [-0.2, -0.15) is 0 Å². The van der Waals surface area contributed by atoms with Crippen molar-refractivity contribution in [1.29, 1.82) is 0 Å². The number of carbonyl (C=O) groups is 1. The van der Waals surface area contributed by atoms with E-state index in [2.05, 4.69) is 18.3 Å². The maximum Gasteiger partial charge on any atom is 0.261 e. The number of amides is 1. The number of thiophene rings is 1. The SMILES string of the molecule is COc1cc(OC)c(OC)cc1CNC(=O)c1cc2c(s1)CCC(C)C2. The number of ether oxygens (including phenoxy) is 3. The number of aryl methyl sites for hydroxylation is 1. The van der Waals surface area contributed by atoms with Gasteiger partial charge in [0.2, 0.25) is 0 Å². The van der Waals surface area contributed by atoms with Gasteiger partial charge in [-0.1, -0.05) is 6.92 Å². The molecule has 5 nitrogen and oxygen atoms in total. The summed E-state index contributed by atoms with van der Waals surface area (Å²) in [5, 5.41) is 2.99. The fraction of sp³-hybridized carbons (Fsp3) is 0.450. The molecule has 6 heteroatoms. The number of hydrogen-bond donors (Lipinski definition) is 1. The van der Waals surface area contributed by atoms with Gasteiger partial charge in [0, 0.05) is 23.1 Å². The Morgan fingerprint density at radius 3 is 2.50 bits per heavy atom. The Balaban J connectivity index is 1.73. The number of carbonyl (C=O) groups excluding carboxylic acids is 1. The van der Waals surface area contributed by atoms with Gasteiger partial charge in [0.15, 0.2) is 11.5 Å². The van der Waals surface area contributed by atoms with Gasteiger partial charge in [0.1, 0.15) is 5.75 Å². The highest BCUT2D eigenvalue weighted by Crippen LogP contribution is 2.35. The first-order valence-corrected chi connectivity index (χ1v) is 9.56. The van der Waals surface area contributed by atoms with Crippen molar-refractivity contribution >= 4 is 17.2 Å². The number of methoxy groups -OCH3 is 3. The van der Waals surface area contributed by atoms with Crippen molar-refractivity contribution in [3.05, 3.63) is 39.1 Å². The van der Waals surface area contributed by atoms with Crippen LogP contribution < -0.4 is 19.5 Å². The number of benzene rings is 1. The Bertz CT molecular complexity index is 799. The molecule has 1 amide bonds. The normalized spacial score (nSPS) is 15.9. The van der Waals surface area contributed by atoms with Crippen molar-refractivity contribution in [2.24, 2.45) is 5.92 Å². The average Bonchev–Trinajstić information content (AvgIpc) is 3.08. The monoisotopic (exact) mass is 375 g/mol. The van der Waals surface area contributed by atoms with Crippen molar-refractivity contribution in [1.82, 2.24) is 5.32 Å². The molecule has 0 bridgehead atoms. The maximum absolute atomic E-state index is 12.6. The number of hydrogen-bond acceptors (Lipinski definition) is 5. The summed E-state index contributed by atoms with van der Waals surface area (Å²) in [5.74, 6) is 2.51. The molecule has 1 aliphatic rings. The fourth-order valence-corrected chi connectivity index (χ4v) is 4.44. The van der Waals surface area contributed by atoms with E-state index in [0.717, 1.165) is 23.3 Å². The van der Waals surface area contributed by atoms with Gasteiger partial charge >= 0.3 is 0 Å². The predicted molar refractivity (Wildman–Crippen MR) is 103 cm³/mol. The minimum Gasteiger partial charge on any atom is -0.496 e. The third kappa shape index (κ3) is 3.80. The molecule has 1 aromatic carbocycles. The summed E-state index contributed by atoms with van der Waals surface area (Å²) in [6, 6.07) is 5.65. The number of fused-ring (bicyclic) bond motifs is 1. The summed E-state index contributed by atoms with van der Waals surface area (Å²) in [6.45, 7) is 2.63. The molecule has 1 heterocycles. The highest BCUT2D eigenvalue weighted by molar-refractivity contribution is 7.14. The van der Waals surface area contributed by atoms with Crippen LogP contribution in [0, 0.1) is 5.92 Å². The van der Waals surface area contributed by atoms with Gasteiger partial charge in [-0.3, -0.25) is 4.79 Å². The molecule has 1 atom stereocenters. The van der Waals surface area contributed by atoms with Crippen LogP contribution in [0.15, 0.2) is 18.2 Å². The van der Waals surface area contributed by atoms with Crippen molar-refractivity contribution in [3.63, 3.8) is 0 Å². The van der Waals surface area contributed by atoms with Crippen molar-refractivity contribution < 1.29 is 19.0 Å². The molecule has 0 saturated heterocycles. The molecular formula is C20H25NO4S. The summed E-state index contributed by atoms with van der Waals surface area (Å²) in [7, 11) is 4.77. The van der Waals surface area contributed by atoms with Crippen LogP contribution in [0.1, 0.15) is 39.0 Å². The molecule has 3 rings (SSSR count). The van der Waals surface area contributed by atoms with Crippen LogP contribution in [0.25, 0.3) is 0 Å². The van der Waals surface area contributed by atoms with E-state index >= 15 is 0 Å². The van der Waals surface area contributed by atoms with Crippen LogP contribution in [0.5, 0.6) is 17.2 Å². The first-order valence-electron chi connectivity index (χ1n) is 8.74. The second kappa shape index (κ2) is 7.99. The van der Waals surface area contributed by atoms with Crippen molar-refractivity contribution in [2.45, 2.75) is 32.7 Å². The van der Waals surface area contributed by atoms with E-state index in [0.29, 0.717) is 29.7 Å². The Kier molecular flexibility index (Phi) is 5.71. The number of rotatable bonds is 6. The molecule has 1 aliphatic carbocycles. The summed E-state index contributed by atoms with van der Waals surface area (Å²) in [4.78, 5) is 14.7. The quantitative estimate of drug-likeness (QED) is 0.834. The Hall–Kier alpha value is -2.21. The molecule has 0 spiro atoms. The van der Waals surface area contributed by atoms with Gasteiger partial charge in [-0.25, -0.2) is 0 Å². The van der Waals surface area contributed by atoms with E-state index in [1.54, 1.807) is 38.7 Å². The van der Waals surface area contributed by atoms with Gasteiger partial charge in [-0.05, 0) is 42.9 Å². The molecule has 0 radical (unpaired) electrons. The zero-order chi connectivity index (χ0) is 18.7. The van der Waals surface area contributed by atoms with E-state index < -0.39 is 0 Å². The number of nitrogens with one attached hydrogen (secondary N) is 1. The minimum absolute atomic E-state index is 0.0473. The van der Waals surface area contributed by atoms with E-state index in [9.17, 15) is 4.79 Å². The lowest BCUT2D eigenvalue weighted by atomic mass is 9.90. The smallest absolute Gasteiger partial charge is 0.261 e. The lowest BCUT2D eigenvalue weighted by Crippen LogP contribution is -2.22. The highest BCUT2D eigenvalue weighted by Gasteiger charge is 2.21. The standard InChI is InChI=1S/C20H25NO4S/c1-12-5-6-18-13(7-12)9-19(26-18)20(22)21-11-14-8-16(24-3)17(25-4)10-15(14)23-2/h8-10,12H,5-7,11H2,1-4H3,(H,21,22). The van der Waals surface area contributed by atoms with Crippen LogP contribution in [-0.4, -0.2) is 27.2 Å². The van der Waals surface area contributed by atoms with Gasteiger partial charge < -0.3 is 19.5 Å². The molecule has 2 aromatic rings. The largest absolute Gasteiger partial charge is 0.496 e. The van der Waals surface area contributed by atoms with E-state index in [1.165, 1.54) is 16.9 Å². The molecule has 0 aliphatic heterocycles. The summed E-state index contributed by atoms with van der Waals surface area (Å²) in [5.41, 5.74) is 2.18. The van der Waals surface area contributed by atoms with Crippen LogP contribution in [0.2, 0.25) is 0 Å². The van der Waals surface area contributed by atoms with E-state index in [1.807, 2.05) is 6.07 Å². The van der Waals surface area contributed by atoms with Crippen LogP contribution in [0.3, 0.4) is 0 Å². The predicted octanol–water partition coefficient (Wildman–Crippen LogP) is 3.83. The molecule has 26 heavy (non-hydrogen) atoms. The zero-order valence-corrected chi connectivity index (χ0v) is 16.5. The topological polar surface area (TPSA) is 56.8 Å². The molecule has 1 aromatic heterocycles. The molecule has 0 fully saturated rings. The Labute approximate surface area is 158 Å². The summed E-state index contributed by atoms with van der Waals surface area (Å²) in [6.07, 6.45) is 3.36. The second-order valence-electron chi connectivity index (χ2n) is 6.61. The van der Waals surface area contributed by atoms with Crippen molar-refractivity contribution in [3.8, 4) is 17.2 Å².